The molecule has 0 bridgehead atoms. The first-order chi connectivity index (χ1) is 13.0. The predicted molar refractivity (Wildman–Crippen MR) is 105 cm³/mol. The fourth-order valence-electron chi connectivity index (χ4n) is 2.71. The smallest absolute Gasteiger partial charge is 0.307 e. The van der Waals surface area contributed by atoms with Gasteiger partial charge in [-0.25, -0.2) is 0 Å². The van der Waals surface area contributed by atoms with Gasteiger partial charge in [0.05, 0.1) is 13.5 Å². The molecule has 0 unspecified atom stereocenters. The van der Waals surface area contributed by atoms with Crippen molar-refractivity contribution < 1.29 is 19.1 Å². The van der Waals surface area contributed by atoms with E-state index in [0.717, 1.165) is 23.1 Å². The first-order valence-electron chi connectivity index (χ1n) is 9.08. The second-order valence-corrected chi connectivity index (χ2v) is 6.43. The number of rotatable bonds is 9. The van der Waals surface area contributed by atoms with Gasteiger partial charge in [-0.3, -0.25) is 9.59 Å². The molecular formula is C22H27NO4. The van der Waals surface area contributed by atoms with E-state index in [1.807, 2.05) is 62.4 Å². The molecule has 0 heterocycles. The minimum Gasteiger partial charge on any atom is -0.483 e. The molecule has 2 aromatic carbocycles. The Morgan fingerprint density at radius 3 is 2.41 bits per heavy atom. The van der Waals surface area contributed by atoms with Crippen molar-refractivity contribution in [3.05, 3.63) is 65.2 Å². The first kappa shape index (κ1) is 20.5. The van der Waals surface area contributed by atoms with Crippen LogP contribution in [-0.4, -0.2) is 43.6 Å². The number of aryl methyl sites for hydroxylation is 1. The number of nitrogens with zero attached hydrogens (tertiary/aromatic N) is 1. The van der Waals surface area contributed by atoms with Gasteiger partial charge in [0.15, 0.2) is 6.61 Å². The molecule has 5 nitrogen and oxygen atoms in total. The van der Waals surface area contributed by atoms with E-state index in [4.69, 9.17) is 9.47 Å². The highest BCUT2D eigenvalue weighted by Gasteiger charge is 2.16. The molecule has 5 heteroatoms. The summed E-state index contributed by atoms with van der Waals surface area (Å²) in [6.07, 6.45) is 0.887. The molecule has 0 N–H and O–H groups in total. The minimum atomic E-state index is -0.331. The lowest BCUT2D eigenvalue weighted by atomic mass is 10.1. The van der Waals surface area contributed by atoms with Crippen molar-refractivity contribution in [3.8, 4) is 5.75 Å². The van der Waals surface area contributed by atoms with E-state index in [1.54, 1.807) is 4.90 Å². The topological polar surface area (TPSA) is 55.8 Å². The van der Waals surface area contributed by atoms with E-state index in [-0.39, 0.29) is 24.9 Å². The predicted octanol–water partition coefficient (Wildman–Crippen LogP) is 3.32. The van der Waals surface area contributed by atoms with E-state index >= 15 is 0 Å². The van der Waals surface area contributed by atoms with Gasteiger partial charge >= 0.3 is 5.97 Å². The molecule has 0 fully saturated rings. The molecule has 0 aliphatic heterocycles. The van der Waals surface area contributed by atoms with Crippen molar-refractivity contribution in [1.82, 2.24) is 4.90 Å². The zero-order valence-corrected chi connectivity index (χ0v) is 16.2. The van der Waals surface area contributed by atoms with Crippen LogP contribution in [0.15, 0.2) is 48.5 Å². The third kappa shape index (κ3) is 6.44. The number of hydrogen-bond acceptors (Lipinski definition) is 4. The van der Waals surface area contributed by atoms with Gasteiger partial charge in [-0.1, -0.05) is 42.5 Å². The molecule has 0 atom stereocenters. The Labute approximate surface area is 160 Å². The van der Waals surface area contributed by atoms with Gasteiger partial charge < -0.3 is 14.4 Å². The number of amides is 1. The Hall–Kier alpha value is -2.82. The summed E-state index contributed by atoms with van der Waals surface area (Å²) in [5, 5.41) is 0. The number of ether oxygens (including phenoxy) is 2. The van der Waals surface area contributed by atoms with Crippen LogP contribution in [-0.2, 0) is 20.7 Å². The monoisotopic (exact) mass is 369 g/mol. The van der Waals surface area contributed by atoms with Gasteiger partial charge in [0, 0.05) is 13.1 Å². The molecule has 0 aliphatic carbocycles. The highest BCUT2D eigenvalue weighted by Crippen LogP contribution is 2.20. The average molecular weight is 369 g/mol. The molecule has 0 saturated carbocycles. The highest BCUT2D eigenvalue weighted by molar-refractivity contribution is 5.78. The van der Waals surface area contributed by atoms with Gasteiger partial charge in [0.1, 0.15) is 5.75 Å². The maximum atomic E-state index is 12.7. The SMILES string of the molecule is COC(=O)CCN(CCc1ccccc1)C(=O)COc1cccc(C)c1C. The number of carbonyl (C=O) groups is 2. The van der Waals surface area contributed by atoms with E-state index in [2.05, 4.69) is 0 Å². The lowest BCUT2D eigenvalue weighted by molar-refractivity contribution is -0.142. The quantitative estimate of drug-likeness (QED) is 0.636. The fraction of sp³-hybridized carbons (Fsp3) is 0.364. The Bertz CT molecular complexity index is 758. The van der Waals surface area contributed by atoms with Gasteiger partial charge in [-0.15, -0.1) is 0 Å². The highest BCUT2D eigenvalue weighted by atomic mass is 16.5. The molecule has 144 valence electrons. The third-order valence-electron chi connectivity index (χ3n) is 4.59. The summed E-state index contributed by atoms with van der Waals surface area (Å²) in [4.78, 5) is 25.8. The van der Waals surface area contributed by atoms with E-state index in [1.165, 1.54) is 7.11 Å². The summed E-state index contributed by atoms with van der Waals surface area (Å²) in [5.74, 6) is 0.234. The molecule has 0 aromatic heterocycles. The average Bonchev–Trinajstić information content (AvgIpc) is 2.69. The van der Waals surface area contributed by atoms with Crippen LogP contribution in [0.2, 0.25) is 0 Å². The summed E-state index contributed by atoms with van der Waals surface area (Å²) in [5.41, 5.74) is 3.28. The molecule has 1 amide bonds. The normalized spacial score (nSPS) is 10.3. The lowest BCUT2D eigenvalue weighted by Crippen LogP contribution is -2.38. The van der Waals surface area contributed by atoms with Crippen LogP contribution in [0.1, 0.15) is 23.1 Å². The van der Waals surface area contributed by atoms with Crippen LogP contribution in [0.5, 0.6) is 5.75 Å². The second-order valence-electron chi connectivity index (χ2n) is 6.43. The van der Waals surface area contributed by atoms with Crippen molar-refractivity contribution in [2.24, 2.45) is 0 Å². The van der Waals surface area contributed by atoms with Crippen molar-refractivity contribution in [2.75, 3.05) is 26.8 Å². The van der Waals surface area contributed by atoms with E-state index in [0.29, 0.717) is 18.8 Å². The molecule has 0 saturated heterocycles. The third-order valence-corrected chi connectivity index (χ3v) is 4.59. The number of carbonyl (C=O) groups excluding carboxylic acids is 2. The Morgan fingerprint density at radius 1 is 0.963 bits per heavy atom. The molecule has 0 aliphatic rings. The second kappa shape index (κ2) is 10.4. The molecule has 2 aromatic rings. The fourth-order valence-corrected chi connectivity index (χ4v) is 2.71. The lowest BCUT2D eigenvalue weighted by Gasteiger charge is -2.23. The zero-order valence-electron chi connectivity index (χ0n) is 16.2. The molecule has 0 radical (unpaired) electrons. The maximum Gasteiger partial charge on any atom is 0.307 e. The standard InChI is InChI=1S/C22H27NO4/c1-17-8-7-11-20(18(17)2)27-16-21(24)23(15-13-22(25)26-3)14-12-19-9-5-4-6-10-19/h4-11H,12-16H2,1-3H3. The number of esters is 1. The van der Waals surface area contributed by atoms with Gasteiger partial charge in [0.25, 0.3) is 5.91 Å². The van der Waals surface area contributed by atoms with Crippen molar-refractivity contribution >= 4 is 11.9 Å². The Kier molecular flexibility index (Phi) is 7.86. The van der Waals surface area contributed by atoms with Crippen LogP contribution in [0.25, 0.3) is 0 Å². The molecular weight excluding hydrogens is 342 g/mol. The van der Waals surface area contributed by atoms with Crippen LogP contribution >= 0.6 is 0 Å². The number of methoxy groups -OCH3 is 1. The van der Waals surface area contributed by atoms with Crippen molar-refractivity contribution in [1.29, 1.82) is 0 Å². The van der Waals surface area contributed by atoms with Crippen LogP contribution in [0, 0.1) is 13.8 Å². The maximum absolute atomic E-state index is 12.7. The molecule has 0 spiro atoms. The van der Waals surface area contributed by atoms with Crippen LogP contribution < -0.4 is 4.74 Å². The van der Waals surface area contributed by atoms with E-state index in [9.17, 15) is 9.59 Å². The zero-order chi connectivity index (χ0) is 19.6. The van der Waals surface area contributed by atoms with Gasteiger partial charge in [-0.05, 0) is 43.0 Å². The van der Waals surface area contributed by atoms with Gasteiger partial charge in [-0.2, -0.15) is 0 Å². The number of benzene rings is 2. The van der Waals surface area contributed by atoms with Gasteiger partial charge in [0.2, 0.25) is 0 Å². The summed E-state index contributed by atoms with van der Waals surface area (Å²) >= 11 is 0. The molecule has 27 heavy (non-hydrogen) atoms. The summed E-state index contributed by atoms with van der Waals surface area (Å²) in [6, 6.07) is 15.7. The summed E-state index contributed by atoms with van der Waals surface area (Å²) < 4.78 is 10.4. The first-order valence-corrected chi connectivity index (χ1v) is 9.08. The van der Waals surface area contributed by atoms with Crippen LogP contribution in [0.4, 0.5) is 0 Å². The Morgan fingerprint density at radius 2 is 1.70 bits per heavy atom. The molecule has 2 rings (SSSR count). The van der Waals surface area contributed by atoms with E-state index < -0.39 is 0 Å². The van der Waals surface area contributed by atoms with Crippen LogP contribution in [0.3, 0.4) is 0 Å². The van der Waals surface area contributed by atoms with Crippen molar-refractivity contribution in [2.45, 2.75) is 26.7 Å². The Balaban J connectivity index is 1.98. The largest absolute Gasteiger partial charge is 0.483 e. The summed E-state index contributed by atoms with van der Waals surface area (Å²) in [7, 11) is 1.35. The number of hydrogen-bond donors (Lipinski definition) is 0. The van der Waals surface area contributed by atoms with Crippen molar-refractivity contribution in [3.63, 3.8) is 0 Å². The summed E-state index contributed by atoms with van der Waals surface area (Å²) in [6.45, 7) is 4.76. The minimum absolute atomic E-state index is 0.0553.